The van der Waals surface area contributed by atoms with Crippen LogP contribution in [0.15, 0.2) is 15.9 Å². The number of nitrogens with zero attached hydrogens (tertiary/aromatic N) is 2. The highest BCUT2D eigenvalue weighted by Crippen LogP contribution is 2.22. The number of thiophene rings is 1. The minimum Gasteiger partial charge on any atom is -0.301 e. The van der Waals surface area contributed by atoms with E-state index < -0.39 is 0 Å². The van der Waals surface area contributed by atoms with Crippen LogP contribution in [0.1, 0.15) is 23.5 Å². The number of carbonyl (C=O) groups excluding carboxylic acids is 1. The van der Waals surface area contributed by atoms with Gasteiger partial charge in [0.05, 0.1) is 15.2 Å². The SMILES string of the molecule is CC(C)CN1CCN(CC(=O)c2ccc(Br)s2)CC1. The van der Waals surface area contributed by atoms with Gasteiger partial charge in [-0.25, -0.2) is 0 Å². The molecule has 1 aromatic heterocycles. The zero-order valence-corrected chi connectivity index (χ0v) is 14.0. The second-order valence-corrected chi connectivity index (χ2v) is 7.96. The summed E-state index contributed by atoms with van der Waals surface area (Å²) < 4.78 is 1.03. The molecule has 0 spiro atoms. The van der Waals surface area contributed by atoms with Gasteiger partial charge < -0.3 is 4.90 Å². The van der Waals surface area contributed by atoms with Crippen molar-refractivity contribution in [2.45, 2.75) is 13.8 Å². The molecule has 0 N–H and O–H groups in total. The summed E-state index contributed by atoms with van der Waals surface area (Å²) in [5, 5.41) is 0. The Morgan fingerprint density at radius 3 is 2.42 bits per heavy atom. The summed E-state index contributed by atoms with van der Waals surface area (Å²) in [5.74, 6) is 0.963. The fraction of sp³-hybridized carbons (Fsp3) is 0.643. The third kappa shape index (κ3) is 4.67. The lowest BCUT2D eigenvalue weighted by atomic mass is 10.2. The van der Waals surface area contributed by atoms with E-state index in [0.29, 0.717) is 6.54 Å². The second kappa shape index (κ2) is 6.97. The number of piperazine rings is 1. The van der Waals surface area contributed by atoms with Crippen molar-refractivity contribution in [2.75, 3.05) is 39.3 Å². The zero-order chi connectivity index (χ0) is 13.8. The highest BCUT2D eigenvalue weighted by molar-refractivity contribution is 9.11. The average molecular weight is 345 g/mol. The predicted molar refractivity (Wildman–Crippen MR) is 84.1 cm³/mol. The maximum Gasteiger partial charge on any atom is 0.186 e. The highest BCUT2D eigenvalue weighted by atomic mass is 79.9. The molecule has 0 unspecified atom stereocenters. The third-order valence-corrected chi connectivity index (χ3v) is 4.97. The number of carbonyl (C=O) groups is 1. The average Bonchev–Trinajstić information content (AvgIpc) is 2.78. The van der Waals surface area contributed by atoms with Gasteiger partial charge in [0, 0.05) is 32.7 Å². The van der Waals surface area contributed by atoms with E-state index in [-0.39, 0.29) is 5.78 Å². The molecular weight excluding hydrogens is 324 g/mol. The van der Waals surface area contributed by atoms with E-state index in [4.69, 9.17) is 0 Å². The van der Waals surface area contributed by atoms with Crippen LogP contribution in [0.3, 0.4) is 0 Å². The molecule has 1 aliphatic heterocycles. The lowest BCUT2D eigenvalue weighted by Gasteiger charge is -2.35. The van der Waals surface area contributed by atoms with Crippen LogP contribution in [-0.2, 0) is 0 Å². The van der Waals surface area contributed by atoms with Crippen LogP contribution in [0.5, 0.6) is 0 Å². The van der Waals surface area contributed by atoms with Gasteiger partial charge in [-0.15, -0.1) is 11.3 Å². The fourth-order valence-electron chi connectivity index (χ4n) is 2.39. The summed E-state index contributed by atoms with van der Waals surface area (Å²) in [6.07, 6.45) is 0. The molecule has 2 heterocycles. The molecule has 1 aliphatic rings. The lowest BCUT2D eigenvalue weighted by molar-refractivity contribution is 0.0841. The van der Waals surface area contributed by atoms with Crippen LogP contribution < -0.4 is 0 Å². The Hall–Kier alpha value is -0.230. The van der Waals surface area contributed by atoms with Crippen LogP contribution in [0.25, 0.3) is 0 Å². The first-order valence-electron chi connectivity index (χ1n) is 6.78. The summed E-state index contributed by atoms with van der Waals surface area (Å²) in [5.41, 5.74) is 0. The molecule has 0 amide bonds. The number of Topliss-reactive ketones (excluding diaryl/α,β-unsaturated/α-hetero) is 1. The van der Waals surface area contributed by atoms with Gasteiger partial charge in [0.2, 0.25) is 0 Å². The van der Waals surface area contributed by atoms with Crippen LogP contribution in [0, 0.1) is 5.92 Å². The molecule has 0 atom stereocenters. The summed E-state index contributed by atoms with van der Waals surface area (Å²) in [7, 11) is 0. The molecule has 2 rings (SSSR count). The number of ketones is 1. The van der Waals surface area contributed by atoms with E-state index >= 15 is 0 Å². The monoisotopic (exact) mass is 344 g/mol. The molecule has 1 fully saturated rings. The smallest absolute Gasteiger partial charge is 0.186 e. The molecule has 0 saturated carbocycles. The first-order valence-corrected chi connectivity index (χ1v) is 8.39. The summed E-state index contributed by atoms with van der Waals surface area (Å²) in [6.45, 7) is 10.4. The van der Waals surface area contributed by atoms with E-state index in [1.165, 1.54) is 17.9 Å². The van der Waals surface area contributed by atoms with Gasteiger partial charge in [-0.1, -0.05) is 13.8 Å². The number of halogens is 1. The van der Waals surface area contributed by atoms with E-state index in [1.807, 2.05) is 12.1 Å². The molecule has 3 nitrogen and oxygen atoms in total. The second-order valence-electron chi connectivity index (χ2n) is 5.50. The van der Waals surface area contributed by atoms with Crippen molar-refractivity contribution in [3.63, 3.8) is 0 Å². The van der Waals surface area contributed by atoms with Gasteiger partial charge in [-0.05, 0) is 34.0 Å². The first-order chi connectivity index (χ1) is 9.04. The first kappa shape index (κ1) is 15.2. The fourth-order valence-corrected chi connectivity index (χ4v) is 3.71. The Bertz CT molecular complexity index is 425. The van der Waals surface area contributed by atoms with Gasteiger partial charge in [0.15, 0.2) is 5.78 Å². The van der Waals surface area contributed by atoms with Crippen molar-refractivity contribution in [3.8, 4) is 0 Å². The summed E-state index contributed by atoms with van der Waals surface area (Å²) in [4.78, 5) is 17.7. The van der Waals surface area contributed by atoms with Crippen molar-refractivity contribution in [3.05, 3.63) is 20.8 Å². The van der Waals surface area contributed by atoms with Gasteiger partial charge in [-0.2, -0.15) is 0 Å². The largest absolute Gasteiger partial charge is 0.301 e. The van der Waals surface area contributed by atoms with Crippen LogP contribution in [0.4, 0.5) is 0 Å². The lowest BCUT2D eigenvalue weighted by Crippen LogP contribution is -2.48. The molecule has 0 aromatic carbocycles. The number of rotatable bonds is 5. The van der Waals surface area contributed by atoms with E-state index in [9.17, 15) is 4.79 Å². The van der Waals surface area contributed by atoms with Crippen molar-refractivity contribution < 1.29 is 4.79 Å². The molecule has 1 aromatic rings. The number of hydrogen-bond donors (Lipinski definition) is 0. The molecule has 0 aliphatic carbocycles. The van der Waals surface area contributed by atoms with Crippen LogP contribution in [-0.4, -0.2) is 54.9 Å². The van der Waals surface area contributed by atoms with Crippen LogP contribution in [0.2, 0.25) is 0 Å². The van der Waals surface area contributed by atoms with E-state index in [0.717, 1.165) is 40.8 Å². The Balaban J connectivity index is 1.78. The topological polar surface area (TPSA) is 23.6 Å². The minimum absolute atomic E-state index is 0.244. The van der Waals surface area contributed by atoms with E-state index in [2.05, 4.69) is 39.6 Å². The van der Waals surface area contributed by atoms with Crippen molar-refractivity contribution in [1.29, 1.82) is 0 Å². The molecular formula is C14H21BrN2OS. The molecule has 1 saturated heterocycles. The van der Waals surface area contributed by atoms with Crippen molar-refractivity contribution in [1.82, 2.24) is 9.80 Å². The highest BCUT2D eigenvalue weighted by Gasteiger charge is 2.20. The van der Waals surface area contributed by atoms with Gasteiger partial charge in [0.25, 0.3) is 0 Å². The van der Waals surface area contributed by atoms with Crippen molar-refractivity contribution >= 4 is 33.0 Å². The molecule has 5 heteroatoms. The van der Waals surface area contributed by atoms with Gasteiger partial charge >= 0.3 is 0 Å². The molecule has 19 heavy (non-hydrogen) atoms. The van der Waals surface area contributed by atoms with Gasteiger partial charge in [-0.3, -0.25) is 9.69 Å². The molecule has 106 valence electrons. The minimum atomic E-state index is 0.244. The third-order valence-electron chi connectivity index (χ3n) is 3.30. The quantitative estimate of drug-likeness (QED) is 0.767. The normalized spacial score (nSPS) is 18.1. The maximum atomic E-state index is 12.1. The standard InChI is InChI=1S/C14H21BrN2OS/c1-11(2)9-16-5-7-17(8-6-16)10-12(18)13-3-4-14(15)19-13/h3-4,11H,5-10H2,1-2H3. The van der Waals surface area contributed by atoms with Crippen LogP contribution >= 0.6 is 27.3 Å². The molecule has 0 bridgehead atoms. The summed E-state index contributed by atoms with van der Waals surface area (Å²) >= 11 is 4.93. The van der Waals surface area contributed by atoms with Crippen molar-refractivity contribution in [2.24, 2.45) is 5.92 Å². The zero-order valence-electron chi connectivity index (χ0n) is 11.6. The predicted octanol–water partition coefficient (Wildman–Crippen LogP) is 2.97. The Labute approximate surface area is 127 Å². The number of hydrogen-bond acceptors (Lipinski definition) is 4. The Morgan fingerprint density at radius 1 is 1.26 bits per heavy atom. The van der Waals surface area contributed by atoms with Gasteiger partial charge in [0.1, 0.15) is 0 Å². The Kier molecular flexibility index (Phi) is 5.57. The summed E-state index contributed by atoms with van der Waals surface area (Å²) in [6, 6.07) is 3.85. The maximum absolute atomic E-state index is 12.1. The van der Waals surface area contributed by atoms with E-state index in [1.54, 1.807) is 0 Å². The molecule has 0 radical (unpaired) electrons. The Morgan fingerprint density at radius 2 is 1.89 bits per heavy atom.